The molecular weight excluding hydrogens is 420 g/mol. The zero-order valence-electron chi connectivity index (χ0n) is 18.9. The molecule has 1 aromatic carbocycles. The molecule has 0 bridgehead atoms. The Hall–Kier alpha value is -3.02. The number of ether oxygens (including phenoxy) is 1. The van der Waals surface area contributed by atoms with Crippen molar-refractivity contribution in [3.63, 3.8) is 0 Å². The molecule has 0 fully saturated rings. The second-order valence-corrected chi connectivity index (χ2v) is 8.39. The highest BCUT2D eigenvalue weighted by Gasteiger charge is 2.21. The van der Waals surface area contributed by atoms with Crippen molar-refractivity contribution in [2.75, 3.05) is 37.0 Å². The van der Waals surface area contributed by atoms with E-state index in [0.717, 1.165) is 48.1 Å². The summed E-state index contributed by atoms with van der Waals surface area (Å²) >= 11 is 1.48. The fourth-order valence-electron chi connectivity index (χ4n) is 3.11. The van der Waals surface area contributed by atoms with E-state index in [2.05, 4.69) is 28.3 Å². The van der Waals surface area contributed by atoms with Crippen molar-refractivity contribution in [2.45, 2.75) is 39.0 Å². The highest BCUT2D eigenvalue weighted by Crippen LogP contribution is 2.30. The number of hydrogen-bond acceptors (Lipinski definition) is 8. The van der Waals surface area contributed by atoms with E-state index in [4.69, 9.17) is 9.72 Å². The molecule has 0 aliphatic carbocycles. The fraction of sp³-hybridized carbons (Fsp3) is 0.417. The fourth-order valence-corrected chi connectivity index (χ4v) is 3.96. The van der Waals surface area contributed by atoms with Gasteiger partial charge in [-0.2, -0.15) is 10.2 Å². The highest BCUT2D eigenvalue weighted by atomic mass is 32.1. The third-order valence-corrected chi connectivity index (χ3v) is 5.95. The van der Waals surface area contributed by atoms with Gasteiger partial charge in [0.2, 0.25) is 5.95 Å². The average molecular weight is 451 g/mol. The van der Waals surface area contributed by atoms with Crippen LogP contribution in [0, 0.1) is 18.3 Å². The van der Waals surface area contributed by atoms with Gasteiger partial charge < -0.3 is 15.0 Å². The van der Waals surface area contributed by atoms with Crippen LogP contribution in [0.3, 0.4) is 0 Å². The molecule has 1 N–H and O–H groups in total. The maximum Gasteiger partial charge on any atom is 0.224 e. The lowest BCUT2D eigenvalue weighted by molar-refractivity contribution is 0.131. The summed E-state index contributed by atoms with van der Waals surface area (Å²) in [6, 6.07) is 14.2. The van der Waals surface area contributed by atoms with E-state index >= 15 is 0 Å². The second kappa shape index (κ2) is 12.1. The van der Waals surface area contributed by atoms with E-state index in [1.54, 1.807) is 0 Å². The van der Waals surface area contributed by atoms with Crippen LogP contribution in [0.25, 0.3) is 0 Å². The zero-order chi connectivity index (χ0) is 22.8. The standard InChI is InChI=1S/C24H30N6OS/c1-4-5-13-31-14-9-12-26-24-28-21(20(16-25)23-27-18(2)17-32-23)15-22(29-24)30(3)19-10-7-6-8-11-19/h6-8,10-11,15,17,20H,4-5,9,12-14H2,1-3H3,(H,26,28,29). The lowest BCUT2D eigenvalue weighted by Gasteiger charge is -2.20. The van der Waals surface area contributed by atoms with Crippen LogP contribution in [0.1, 0.15) is 48.5 Å². The van der Waals surface area contributed by atoms with Crippen molar-refractivity contribution in [1.82, 2.24) is 15.0 Å². The van der Waals surface area contributed by atoms with Crippen molar-refractivity contribution in [3.8, 4) is 6.07 Å². The number of para-hydroxylation sites is 1. The van der Waals surface area contributed by atoms with Crippen LogP contribution in [0.15, 0.2) is 41.8 Å². The van der Waals surface area contributed by atoms with Gasteiger partial charge in [0.15, 0.2) is 0 Å². The van der Waals surface area contributed by atoms with Crippen LogP contribution >= 0.6 is 11.3 Å². The number of rotatable bonds is 12. The number of nitriles is 1. The zero-order valence-corrected chi connectivity index (χ0v) is 19.7. The molecular formula is C24H30N6OS. The van der Waals surface area contributed by atoms with Crippen molar-refractivity contribution in [3.05, 3.63) is 58.2 Å². The lowest BCUT2D eigenvalue weighted by Crippen LogP contribution is -2.16. The van der Waals surface area contributed by atoms with E-state index in [0.29, 0.717) is 24.8 Å². The molecule has 0 aliphatic rings. The number of aromatic nitrogens is 3. The first-order chi connectivity index (χ1) is 15.6. The Kier molecular flexibility index (Phi) is 8.96. The summed E-state index contributed by atoms with van der Waals surface area (Å²) < 4.78 is 5.63. The first kappa shape index (κ1) is 23.6. The number of unbranched alkanes of at least 4 members (excludes halogenated alkanes) is 1. The Morgan fingerprint density at radius 3 is 2.62 bits per heavy atom. The van der Waals surface area contributed by atoms with E-state index in [1.807, 2.05) is 60.6 Å². The Balaban J connectivity index is 1.82. The summed E-state index contributed by atoms with van der Waals surface area (Å²) in [5.74, 6) is 0.677. The minimum atomic E-state index is -0.544. The maximum absolute atomic E-state index is 9.90. The molecule has 0 saturated heterocycles. The first-order valence-electron chi connectivity index (χ1n) is 10.9. The van der Waals surface area contributed by atoms with Crippen LogP contribution in [0.4, 0.5) is 17.5 Å². The molecule has 0 amide bonds. The number of benzene rings is 1. The Morgan fingerprint density at radius 2 is 1.94 bits per heavy atom. The van der Waals surface area contributed by atoms with E-state index in [1.165, 1.54) is 11.3 Å². The van der Waals surface area contributed by atoms with Crippen molar-refractivity contribution < 1.29 is 4.74 Å². The quantitative estimate of drug-likeness (QED) is 0.375. The predicted molar refractivity (Wildman–Crippen MR) is 130 cm³/mol. The maximum atomic E-state index is 9.90. The van der Waals surface area contributed by atoms with Gasteiger partial charge in [0, 0.05) is 49.6 Å². The molecule has 0 saturated carbocycles. The number of thiazole rings is 1. The van der Waals surface area contributed by atoms with Crippen LogP contribution in [-0.4, -0.2) is 41.8 Å². The molecule has 0 radical (unpaired) electrons. The third kappa shape index (κ3) is 6.49. The molecule has 2 aromatic heterocycles. The molecule has 0 spiro atoms. The minimum Gasteiger partial charge on any atom is -0.381 e. The second-order valence-electron chi connectivity index (χ2n) is 7.50. The molecule has 168 valence electrons. The summed E-state index contributed by atoms with van der Waals surface area (Å²) in [5, 5.41) is 15.9. The summed E-state index contributed by atoms with van der Waals surface area (Å²) in [6.45, 7) is 6.27. The van der Waals surface area contributed by atoms with Gasteiger partial charge in [-0.3, -0.25) is 0 Å². The van der Waals surface area contributed by atoms with Crippen LogP contribution < -0.4 is 10.2 Å². The molecule has 3 aromatic rings. The number of aryl methyl sites for hydroxylation is 1. The monoisotopic (exact) mass is 450 g/mol. The Bertz CT molecular complexity index is 1020. The highest BCUT2D eigenvalue weighted by molar-refractivity contribution is 7.09. The van der Waals surface area contributed by atoms with E-state index in [-0.39, 0.29) is 0 Å². The van der Waals surface area contributed by atoms with Crippen molar-refractivity contribution in [2.24, 2.45) is 0 Å². The first-order valence-corrected chi connectivity index (χ1v) is 11.8. The van der Waals surface area contributed by atoms with Gasteiger partial charge in [-0.15, -0.1) is 11.3 Å². The summed E-state index contributed by atoms with van der Waals surface area (Å²) in [6.07, 6.45) is 3.07. The number of anilines is 3. The average Bonchev–Trinajstić information content (AvgIpc) is 3.24. The van der Waals surface area contributed by atoms with Gasteiger partial charge in [-0.1, -0.05) is 31.5 Å². The minimum absolute atomic E-state index is 0.502. The molecule has 8 heteroatoms. The van der Waals surface area contributed by atoms with Crippen LogP contribution in [-0.2, 0) is 4.74 Å². The summed E-state index contributed by atoms with van der Waals surface area (Å²) in [7, 11) is 1.96. The molecule has 7 nitrogen and oxygen atoms in total. The largest absolute Gasteiger partial charge is 0.381 e. The van der Waals surface area contributed by atoms with E-state index < -0.39 is 5.92 Å². The van der Waals surface area contributed by atoms with Gasteiger partial charge in [0.05, 0.1) is 11.8 Å². The third-order valence-electron chi connectivity index (χ3n) is 4.92. The summed E-state index contributed by atoms with van der Waals surface area (Å²) in [4.78, 5) is 15.9. The smallest absolute Gasteiger partial charge is 0.224 e. The van der Waals surface area contributed by atoms with Gasteiger partial charge in [0.25, 0.3) is 0 Å². The molecule has 2 heterocycles. The molecule has 0 aliphatic heterocycles. The predicted octanol–water partition coefficient (Wildman–Crippen LogP) is 5.28. The Labute approximate surface area is 194 Å². The number of nitrogens with zero attached hydrogens (tertiary/aromatic N) is 5. The van der Waals surface area contributed by atoms with E-state index in [9.17, 15) is 5.26 Å². The lowest BCUT2D eigenvalue weighted by atomic mass is 10.1. The Morgan fingerprint density at radius 1 is 1.16 bits per heavy atom. The van der Waals surface area contributed by atoms with Crippen molar-refractivity contribution >= 4 is 28.8 Å². The SMILES string of the molecule is CCCCOCCCNc1nc(C(C#N)c2nc(C)cs2)cc(N(C)c2ccccc2)n1. The van der Waals surface area contributed by atoms with Crippen LogP contribution in [0.2, 0.25) is 0 Å². The van der Waals surface area contributed by atoms with Gasteiger partial charge >= 0.3 is 0 Å². The molecule has 1 atom stereocenters. The van der Waals surface area contributed by atoms with Gasteiger partial charge in [0.1, 0.15) is 16.7 Å². The number of hydrogen-bond donors (Lipinski definition) is 1. The van der Waals surface area contributed by atoms with Crippen LogP contribution in [0.5, 0.6) is 0 Å². The molecule has 1 unspecified atom stereocenters. The topological polar surface area (TPSA) is 87.0 Å². The number of nitrogens with one attached hydrogen (secondary N) is 1. The molecule has 32 heavy (non-hydrogen) atoms. The normalized spacial score (nSPS) is 11.7. The summed E-state index contributed by atoms with van der Waals surface area (Å²) in [5.41, 5.74) is 2.55. The van der Waals surface area contributed by atoms with Gasteiger partial charge in [-0.05, 0) is 31.9 Å². The molecule has 3 rings (SSSR count). The van der Waals surface area contributed by atoms with Crippen molar-refractivity contribution in [1.29, 1.82) is 5.26 Å². The van der Waals surface area contributed by atoms with Gasteiger partial charge in [-0.25, -0.2) is 9.97 Å².